The van der Waals surface area contributed by atoms with Crippen molar-refractivity contribution in [2.75, 3.05) is 26.9 Å². The van der Waals surface area contributed by atoms with Crippen LogP contribution in [0.1, 0.15) is 38.8 Å². The van der Waals surface area contributed by atoms with Gasteiger partial charge in [0.05, 0.1) is 45.2 Å². The number of aliphatic hydroxyl groups is 1. The number of benzene rings is 2. The summed E-state index contributed by atoms with van der Waals surface area (Å²) in [6, 6.07) is 17.3. The molecular formula is C29H42N2O9. The van der Waals surface area contributed by atoms with Crippen molar-refractivity contribution in [3.8, 4) is 0 Å². The van der Waals surface area contributed by atoms with E-state index in [1.807, 2.05) is 88.4 Å². The summed E-state index contributed by atoms with van der Waals surface area (Å²) >= 11 is 0. The number of hydrogen-bond donors (Lipinski definition) is 3. The van der Waals surface area contributed by atoms with Gasteiger partial charge in [-0.05, 0) is 38.8 Å². The molecular weight excluding hydrogens is 520 g/mol. The number of amides is 2. The molecule has 0 aromatic heterocycles. The van der Waals surface area contributed by atoms with E-state index in [1.165, 1.54) is 7.11 Å². The van der Waals surface area contributed by atoms with Crippen LogP contribution in [-0.2, 0) is 41.7 Å². The third kappa shape index (κ3) is 16.3. The molecule has 2 amide bonds. The van der Waals surface area contributed by atoms with E-state index in [4.69, 9.17) is 24.1 Å². The number of hydrogen-bond acceptors (Lipinski definition) is 9. The molecule has 0 fully saturated rings. The first kappa shape index (κ1) is 34.4. The Morgan fingerprint density at radius 1 is 0.725 bits per heavy atom. The summed E-state index contributed by atoms with van der Waals surface area (Å²) in [5.74, 6) is -0.577. The number of carbonyl (C=O) groups excluding carboxylic acids is 3. The van der Waals surface area contributed by atoms with Crippen LogP contribution in [0.15, 0.2) is 60.7 Å². The van der Waals surface area contributed by atoms with Crippen LogP contribution in [0.3, 0.4) is 0 Å². The first-order valence-electron chi connectivity index (χ1n) is 13.0. The summed E-state index contributed by atoms with van der Waals surface area (Å²) in [7, 11) is 1.25. The highest BCUT2D eigenvalue weighted by atomic mass is 16.6. The van der Waals surface area contributed by atoms with Gasteiger partial charge in [-0.1, -0.05) is 60.7 Å². The van der Waals surface area contributed by atoms with Crippen molar-refractivity contribution >= 4 is 18.2 Å². The van der Waals surface area contributed by atoms with Crippen LogP contribution in [0.2, 0.25) is 0 Å². The molecule has 0 heterocycles. The maximum atomic E-state index is 11.7. The van der Waals surface area contributed by atoms with Crippen LogP contribution in [0.5, 0.6) is 0 Å². The standard InChI is InChI=1S/C15H21NO5.C14H21NO4/c1-11(2)20-10-13(14(17)19-3)16-15(18)21-9-12-7-5-4-6-8-12;1-11(2)18-10-13(8-16)15-14(17)19-9-12-6-4-3-5-7-12/h4-8,11,13H,9-10H2,1-3H3,(H,16,18);3-7,11,13,16H,8-10H2,1-2H3,(H,15,17)/t2*13-/m01/s1. The zero-order chi connectivity index (χ0) is 29.8. The predicted octanol–water partition coefficient (Wildman–Crippen LogP) is 3.58. The Bertz CT molecular complexity index is 972. The Labute approximate surface area is 236 Å². The molecule has 0 bridgehead atoms. The number of methoxy groups -OCH3 is 1. The summed E-state index contributed by atoms with van der Waals surface area (Å²) < 4.78 is 25.4. The zero-order valence-electron chi connectivity index (χ0n) is 23.8. The lowest BCUT2D eigenvalue weighted by Crippen LogP contribution is -2.45. The quantitative estimate of drug-likeness (QED) is 0.233. The monoisotopic (exact) mass is 562 g/mol. The summed E-state index contributed by atoms with van der Waals surface area (Å²) in [4.78, 5) is 34.8. The average Bonchev–Trinajstić information content (AvgIpc) is 2.96. The Hall–Kier alpha value is -3.67. The van der Waals surface area contributed by atoms with Crippen molar-refractivity contribution in [3.05, 3.63) is 71.8 Å². The number of ether oxygens (including phenoxy) is 5. The molecule has 0 aliphatic carbocycles. The molecule has 0 unspecified atom stereocenters. The molecule has 0 spiro atoms. The van der Waals surface area contributed by atoms with Crippen LogP contribution in [0, 0.1) is 0 Å². The minimum atomic E-state index is -0.888. The summed E-state index contributed by atoms with van der Waals surface area (Å²) in [6.45, 7) is 7.89. The van der Waals surface area contributed by atoms with Crippen molar-refractivity contribution in [3.63, 3.8) is 0 Å². The van der Waals surface area contributed by atoms with Crippen LogP contribution >= 0.6 is 0 Å². The highest BCUT2D eigenvalue weighted by Gasteiger charge is 2.23. The van der Waals surface area contributed by atoms with Gasteiger partial charge in [-0.25, -0.2) is 14.4 Å². The highest BCUT2D eigenvalue weighted by Crippen LogP contribution is 2.03. The predicted molar refractivity (Wildman–Crippen MR) is 148 cm³/mol. The minimum absolute atomic E-state index is 0.0325. The lowest BCUT2D eigenvalue weighted by atomic mass is 10.2. The van der Waals surface area contributed by atoms with E-state index in [1.54, 1.807) is 0 Å². The average molecular weight is 563 g/mol. The molecule has 2 rings (SSSR count). The molecule has 0 radical (unpaired) electrons. The van der Waals surface area contributed by atoms with Crippen LogP contribution < -0.4 is 10.6 Å². The molecule has 0 aliphatic heterocycles. The Balaban J connectivity index is 0.000000402. The topological polar surface area (TPSA) is 142 Å². The number of nitrogens with one attached hydrogen (secondary N) is 2. The largest absolute Gasteiger partial charge is 0.467 e. The summed E-state index contributed by atoms with van der Waals surface area (Å²) in [5.41, 5.74) is 1.78. The molecule has 40 heavy (non-hydrogen) atoms. The number of rotatable bonds is 14. The fourth-order valence-corrected chi connectivity index (χ4v) is 2.89. The molecule has 2 aromatic carbocycles. The SMILES string of the molecule is CC(C)OC[C@@H](CO)NC(=O)OCc1ccccc1.COC(=O)[C@H](COC(C)C)NC(=O)OCc1ccccc1. The molecule has 0 saturated heterocycles. The molecule has 11 nitrogen and oxygen atoms in total. The van der Waals surface area contributed by atoms with E-state index >= 15 is 0 Å². The minimum Gasteiger partial charge on any atom is -0.467 e. The molecule has 222 valence electrons. The molecule has 11 heteroatoms. The number of alkyl carbamates (subject to hydrolysis) is 2. The molecule has 0 aliphatic rings. The Morgan fingerprint density at radius 3 is 1.60 bits per heavy atom. The summed E-state index contributed by atoms with van der Waals surface area (Å²) in [5, 5.41) is 14.1. The third-order valence-corrected chi connectivity index (χ3v) is 4.97. The van der Waals surface area contributed by atoms with Gasteiger partial charge in [-0.15, -0.1) is 0 Å². The lowest BCUT2D eigenvalue weighted by molar-refractivity contribution is -0.145. The highest BCUT2D eigenvalue weighted by molar-refractivity contribution is 5.81. The van der Waals surface area contributed by atoms with Crippen molar-refractivity contribution in [2.45, 2.75) is 65.2 Å². The molecule has 2 atom stereocenters. The first-order valence-corrected chi connectivity index (χ1v) is 13.0. The number of carbonyl (C=O) groups is 3. The van der Waals surface area contributed by atoms with Gasteiger partial charge in [0.1, 0.15) is 13.2 Å². The van der Waals surface area contributed by atoms with Gasteiger partial charge in [-0.2, -0.15) is 0 Å². The van der Waals surface area contributed by atoms with E-state index in [0.29, 0.717) is 0 Å². The Morgan fingerprint density at radius 2 is 1.18 bits per heavy atom. The van der Waals surface area contributed by atoms with Crippen LogP contribution in [-0.4, -0.2) is 74.5 Å². The molecule has 0 saturated carbocycles. The van der Waals surface area contributed by atoms with Crippen molar-refractivity contribution in [1.82, 2.24) is 10.6 Å². The van der Waals surface area contributed by atoms with E-state index < -0.39 is 30.2 Å². The second-order valence-corrected chi connectivity index (χ2v) is 9.13. The maximum Gasteiger partial charge on any atom is 0.408 e. The van der Waals surface area contributed by atoms with Gasteiger partial charge in [0.25, 0.3) is 0 Å². The fourth-order valence-electron chi connectivity index (χ4n) is 2.89. The van der Waals surface area contributed by atoms with E-state index in [0.717, 1.165) is 11.1 Å². The van der Waals surface area contributed by atoms with Gasteiger partial charge in [0.15, 0.2) is 6.04 Å². The van der Waals surface area contributed by atoms with Crippen molar-refractivity contribution in [2.24, 2.45) is 0 Å². The normalized spacial score (nSPS) is 12.0. The van der Waals surface area contributed by atoms with Gasteiger partial charge in [-0.3, -0.25) is 0 Å². The Kier molecular flexibility index (Phi) is 17.4. The van der Waals surface area contributed by atoms with E-state index in [-0.39, 0.29) is 45.2 Å². The van der Waals surface area contributed by atoms with Crippen LogP contribution in [0.25, 0.3) is 0 Å². The first-order chi connectivity index (χ1) is 19.1. The van der Waals surface area contributed by atoms with Gasteiger partial charge < -0.3 is 39.4 Å². The summed E-state index contributed by atoms with van der Waals surface area (Å²) in [6.07, 6.45) is -1.26. The van der Waals surface area contributed by atoms with Gasteiger partial charge in [0.2, 0.25) is 0 Å². The molecule has 2 aromatic rings. The van der Waals surface area contributed by atoms with E-state index in [2.05, 4.69) is 15.4 Å². The maximum absolute atomic E-state index is 11.7. The van der Waals surface area contributed by atoms with Crippen molar-refractivity contribution in [1.29, 1.82) is 0 Å². The lowest BCUT2D eigenvalue weighted by Gasteiger charge is -2.17. The molecule has 3 N–H and O–H groups in total. The van der Waals surface area contributed by atoms with Crippen LogP contribution in [0.4, 0.5) is 9.59 Å². The van der Waals surface area contributed by atoms with Gasteiger partial charge in [0, 0.05) is 0 Å². The second kappa shape index (κ2) is 20.3. The van der Waals surface area contributed by atoms with Gasteiger partial charge >= 0.3 is 18.2 Å². The second-order valence-electron chi connectivity index (χ2n) is 9.13. The van der Waals surface area contributed by atoms with Crippen molar-refractivity contribution < 1.29 is 43.2 Å². The number of esters is 1. The third-order valence-electron chi connectivity index (χ3n) is 4.97. The smallest absolute Gasteiger partial charge is 0.408 e. The zero-order valence-corrected chi connectivity index (χ0v) is 23.8. The van der Waals surface area contributed by atoms with E-state index in [9.17, 15) is 14.4 Å². The fraction of sp³-hybridized carbons (Fsp3) is 0.483. The number of aliphatic hydroxyl groups excluding tert-OH is 1.